The molecule has 5 nitrogen and oxygen atoms in total. The lowest BCUT2D eigenvalue weighted by Gasteiger charge is -2.19. The molecule has 1 atom stereocenters. The Balaban J connectivity index is 0.00000126. The zero-order valence-electron chi connectivity index (χ0n) is 16.0. The van der Waals surface area contributed by atoms with Gasteiger partial charge >= 0.3 is 5.97 Å². The second-order valence-electron chi connectivity index (χ2n) is 5.78. The fraction of sp³-hybridized carbons (Fsp3) is 0.273. The van der Waals surface area contributed by atoms with E-state index in [1.54, 1.807) is 24.7 Å². The van der Waals surface area contributed by atoms with E-state index in [2.05, 4.69) is 4.98 Å². The topological polar surface area (TPSA) is 53.4 Å². The first-order valence-corrected chi connectivity index (χ1v) is 9.12. The van der Waals surface area contributed by atoms with Crippen LogP contribution >= 0.6 is 0 Å². The summed E-state index contributed by atoms with van der Waals surface area (Å²) >= 11 is 0. The van der Waals surface area contributed by atoms with Crippen LogP contribution in [0.25, 0.3) is 0 Å². The zero-order valence-corrected chi connectivity index (χ0v) is 16.0. The highest BCUT2D eigenvalue weighted by atomic mass is 16.6. The molecule has 0 fully saturated rings. The van der Waals surface area contributed by atoms with Crippen molar-refractivity contribution in [1.29, 1.82) is 0 Å². The lowest BCUT2D eigenvalue weighted by Crippen LogP contribution is -2.29. The molecule has 1 aromatic heterocycles. The molecule has 142 valence electrons. The van der Waals surface area contributed by atoms with Gasteiger partial charge in [0.25, 0.3) is 0 Å². The molecule has 0 radical (unpaired) electrons. The van der Waals surface area contributed by atoms with Gasteiger partial charge in [0.1, 0.15) is 12.4 Å². The Morgan fingerprint density at radius 2 is 1.78 bits per heavy atom. The Labute approximate surface area is 160 Å². The number of hydrogen-bond acceptors (Lipinski definition) is 4. The molecule has 0 unspecified atom stereocenters. The summed E-state index contributed by atoms with van der Waals surface area (Å²) in [6.45, 7) is 6.72. The molecule has 3 rings (SSSR count). The fourth-order valence-corrected chi connectivity index (χ4v) is 2.37. The van der Waals surface area contributed by atoms with Gasteiger partial charge < -0.3 is 14.0 Å². The molecule has 2 aromatic carbocycles. The van der Waals surface area contributed by atoms with Gasteiger partial charge in [-0.2, -0.15) is 0 Å². The third kappa shape index (κ3) is 6.62. The highest BCUT2D eigenvalue weighted by molar-refractivity contribution is 5.89. The summed E-state index contributed by atoms with van der Waals surface area (Å²) in [4.78, 5) is 16.4. The lowest BCUT2D eigenvalue weighted by molar-refractivity contribution is 0.0125. The number of nitrogens with zero attached hydrogens (tertiary/aromatic N) is 2. The quantitative estimate of drug-likeness (QED) is 0.577. The summed E-state index contributed by atoms with van der Waals surface area (Å²) in [7, 11) is 0. The third-order valence-corrected chi connectivity index (χ3v) is 3.71. The maximum atomic E-state index is 12.4. The van der Waals surface area contributed by atoms with Crippen molar-refractivity contribution in [1.82, 2.24) is 9.55 Å². The van der Waals surface area contributed by atoms with Gasteiger partial charge in [-0.1, -0.05) is 49.7 Å². The average Bonchev–Trinajstić information content (AvgIpc) is 3.22. The van der Waals surface area contributed by atoms with Crippen LogP contribution in [-0.2, 0) is 11.3 Å². The summed E-state index contributed by atoms with van der Waals surface area (Å²) in [5, 5.41) is 0. The van der Waals surface area contributed by atoms with Crippen molar-refractivity contribution in [3.63, 3.8) is 0 Å². The second-order valence-corrected chi connectivity index (χ2v) is 5.78. The molecule has 0 spiro atoms. The first-order valence-electron chi connectivity index (χ1n) is 9.12. The van der Waals surface area contributed by atoms with Crippen molar-refractivity contribution in [2.45, 2.75) is 33.4 Å². The Kier molecular flexibility index (Phi) is 8.10. The SMILES string of the molecule is CC.Cc1ccc(C(=O)O[C@@H](COc2ccccc2)Cn2ccnc2)cc1. The van der Waals surface area contributed by atoms with E-state index in [0.717, 1.165) is 11.3 Å². The normalized spacial score (nSPS) is 11.1. The standard InChI is InChI=1S/C20H20N2O3.C2H6/c1-16-7-9-17(10-8-16)20(23)25-19(13-22-12-11-21-15-22)14-24-18-5-3-2-4-6-18;1-2/h2-12,15,19H,13-14H2,1H3;1-2H3/t19-;/m1./s1. The molecule has 3 aromatic rings. The van der Waals surface area contributed by atoms with Gasteiger partial charge in [0.15, 0.2) is 6.10 Å². The molecule has 0 aliphatic heterocycles. The molecule has 0 aliphatic carbocycles. The number of aromatic nitrogens is 2. The minimum Gasteiger partial charge on any atom is -0.490 e. The zero-order chi connectivity index (χ0) is 19.5. The fourth-order valence-electron chi connectivity index (χ4n) is 2.37. The summed E-state index contributed by atoms with van der Waals surface area (Å²) < 4.78 is 13.3. The Morgan fingerprint density at radius 3 is 2.41 bits per heavy atom. The molecule has 0 aliphatic rings. The lowest BCUT2D eigenvalue weighted by atomic mass is 10.1. The smallest absolute Gasteiger partial charge is 0.338 e. The molecular formula is C22H26N2O3. The van der Waals surface area contributed by atoms with Gasteiger partial charge in [0, 0.05) is 12.4 Å². The highest BCUT2D eigenvalue weighted by Crippen LogP contribution is 2.12. The van der Waals surface area contributed by atoms with E-state index in [0.29, 0.717) is 12.1 Å². The maximum Gasteiger partial charge on any atom is 0.338 e. The summed E-state index contributed by atoms with van der Waals surface area (Å²) in [6.07, 6.45) is 4.78. The molecular weight excluding hydrogens is 340 g/mol. The maximum absolute atomic E-state index is 12.4. The van der Waals surface area contributed by atoms with Crippen LogP contribution in [0.3, 0.4) is 0 Å². The van der Waals surface area contributed by atoms with Gasteiger partial charge in [-0.3, -0.25) is 0 Å². The van der Waals surface area contributed by atoms with E-state index in [1.165, 1.54) is 0 Å². The number of rotatable bonds is 7. The van der Waals surface area contributed by atoms with Crippen molar-refractivity contribution >= 4 is 5.97 Å². The minimum absolute atomic E-state index is 0.264. The molecule has 0 bridgehead atoms. The van der Waals surface area contributed by atoms with Gasteiger partial charge in [-0.25, -0.2) is 9.78 Å². The number of carbonyl (C=O) groups excluding carboxylic acids is 1. The van der Waals surface area contributed by atoms with Crippen LogP contribution < -0.4 is 4.74 Å². The molecule has 0 N–H and O–H groups in total. The largest absolute Gasteiger partial charge is 0.490 e. The number of esters is 1. The first kappa shape index (κ1) is 20.2. The van der Waals surface area contributed by atoms with Crippen molar-refractivity contribution in [3.05, 3.63) is 84.4 Å². The predicted molar refractivity (Wildman–Crippen MR) is 106 cm³/mol. The van der Waals surface area contributed by atoms with Gasteiger partial charge in [-0.15, -0.1) is 0 Å². The summed E-state index contributed by atoms with van der Waals surface area (Å²) in [5.74, 6) is 0.381. The van der Waals surface area contributed by atoms with Crippen molar-refractivity contribution in [2.24, 2.45) is 0 Å². The number of hydrogen-bond donors (Lipinski definition) is 0. The number of imidazole rings is 1. The van der Waals surface area contributed by atoms with E-state index in [9.17, 15) is 4.79 Å². The second kappa shape index (κ2) is 10.8. The van der Waals surface area contributed by atoms with Gasteiger partial charge in [0.2, 0.25) is 0 Å². The third-order valence-electron chi connectivity index (χ3n) is 3.71. The highest BCUT2D eigenvalue weighted by Gasteiger charge is 2.17. The van der Waals surface area contributed by atoms with Crippen LogP contribution in [0.5, 0.6) is 5.75 Å². The van der Waals surface area contributed by atoms with Gasteiger partial charge in [0.05, 0.1) is 18.4 Å². The number of benzene rings is 2. The van der Waals surface area contributed by atoms with E-state index in [4.69, 9.17) is 9.47 Å². The predicted octanol–water partition coefficient (Wildman–Crippen LogP) is 4.52. The molecule has 0 saturated heterocycles. The average molecular weight is 366 g/mol. The number of para-hydroxylation sites is 1. The van der Waals surface area contributed by atoms with E-state index in [-0.39, 0.29) is 12.6 Å². The Bertz CT molecular complexity index is 784. The van der Waals surface area contributed by atoms with Crippen molar-refractivity contribution < 1.29 is 14.3 Å². The Morgan fingerprint density at radius 1 is 1.07 bits per heavy atom. The van der Waals surface area contributed by atoms with Crippen LogP contribution in [0.15, 0.2) is 73.3 Å². The van der Waals surface area contributed by atoms with Crippen molar-refractivity contribution in [2.75, 3.05) is 6.61 Å². The number of ether oxygens (including phenoxy) is 2. The van der Waals surface area contributed by atoms with Crippen LogP contribution in [-0.4, -0.2) is 28.2 Å². The van der Waals surface area contributed by atoms with E-state index >= 15 is 0 Å². The summed E-state index contributed by atoms with van der Waals surface area (Å²) in [5.41, 5.74) is 1.62. The monoisotopic (exact) mass is 366 g/mol. The van der Waals surface area contributed by atoms with Crippen molar-refractivity contribution in [3.8, 4) is 5.75 Å². The van der Waals surface area contributed by atoms with Crippen LogP contribution in [0.4, 0.5) is 0 Å². The first-order chi connectivity index (χ1) is 13.2. The molecule has 0 amide bonds. The van der Waals surface area contributed by atoms with E-state index < -0.39 is 6.10 Å². The molecule has 0 saturated carbocycles. The molecule has 27 heavy (non-hydrogen) atoms. The van der Waals surface area contributed by atoms with E-state index in [1.807, 2.05) is 74.0 Å². The van der Waals surface area contributed by atoms with Crippen LogP contribution in [0.2, 0.25) is 0 Å². The minimum atomic E-state index is -0.428. The van der Waals surface area contributed by atoms with Crippen LogP contribution in [0.1, 0.15) is 29.8 Å². The van der Waals surface area contributed by atoms with Crippen LogP contribution in [0, 0.1) is 6.92 Å². The van der Waals surface area contributed by atoms with Gasteiger partial charge in [-0.05, 0) is 31.2 Å². The molecule has 5 heteroatoms. The number of aryl methyl sites for hydroxylation is 1. The number of carbonyl (C=O) groups is 1. The molecule has 1 heterocycles. The summed E-state index contributed by atoms with van der Waals surface area (Å²) in [6, 6.07) is 16.8. The Hall–Kier alpha value is -3.08.